The van der Waals surface area contributed by atoms with Gasteiger partial charge in [-0.25, -0.2) is 0 Å². The Morgan fingerprint density at radius 1 is 1.62 bits per heavy atom. The van der Waals surface area contributed by atoms with Gasteiger partial charge in [-0.15, -0.1) is 11.3 Å². The van der Waals surface area contributed by atoms with Gasteiger partial charge in [-0.1, -0.05) is 11.6 Å². The van der Waals surface area contributed by atoms with Crippen LogP contribution in [0.5, 0.6) is 0 Å². The molecule has 1 rings (SSSR count). The van der Waals surface area contributed by atoms with E-state index in [1.807, 2.05) is 0 Å². The van der Waals surface area contributed by atoms with Crippen LogP contribution in [0.2, 0.25) is 4.34 Å². The second kappa shape index (κ2) is 4.09. The van der Waals surface area contributed by atoms with Crippen molar-refractivity contribution in [1.82, 2.24) is 4.90 Å². The Bertz CT molecular complexity index is 311. The van der Waals surface area contributed by atoms with Crippen LogP contribution in [0.25, 0.3) is 0 Å². The quantitative estimate of drug-likeness (QED) is 0.847. The zero-order valence-corrected chi connectivity index (χ0v) is 8.89. The Labute approximate surface area is 85.6 Å². The summed E-state index contributed by atoms with van der Waals surface area (Å²) in [5.41, 5.74) is 0. The van der Waals surface area contributed by atoms with E-state index in [4.69, 9.17) is 16.7 Å². The molecule has 0 saturated carbocycles. The number of hydrogen-bond acceptors (Lipinski definition) is 3. The highest BCUT2D eigenvalue weighted by atomic mass is 35.5. The Kier molecular flexibility index (Phi) is 3.30. The Morgan fingerprint density at radius 3 is 2.54 bits per heavy atom. The standard InChI is InChI=1S/C8H10ClNO2S/c1-10(2)7(8(11)12)5-3-4-6(9)13-5/h3-4,7H,1-2H3,(H,11,12). The minimum absolute atomic E-state index is 0.600. The minimum atomic E-state index is -0.858. The molecule has 0 amide bonds. The summed E-state index contributed by atoms with van der Waals surface area (Å²) in [4.78, 5) is 13.3. The molecule has 1 heterocycles. The van der Waals surface area contributed by atoms with Gasteiger partial charge in [-0.3, -0.25) is 9.69 Å². The fourth-order valence-corrected chi connectivity index (χ4v) is 2.32. The van der Waals surface area contributed by atoms with Crippen molar-refractivity contribution in [2.75, 3.05) is 14.1 Å². The smallest absolute Gasteiger partial charge is 0.326 e. The first-order valence-corrected chi connectivity index (χ1v) is 4.86. The van der Waals surface area contributed by atoms with Gasteiger partial charge < -0.3 is 5.11 Å². The highest BCUT2D eigenvalue weighted by molar-refractivity contribution is 7.16. The molecule has 1 aromatic heterocycles. The Balaban J connectivity index is 2.95. The number of aliphatic carboxylic acids is 1. The molecular weight excluding hydrogens is 210 g/mol. The number of carboxylic acid groups (broad SMARTS) is 1. The third-order valence-electron chi connectivity index (χ3n) is 1.61. The molecule has 0 aliphatic rings. The number of thiophene rings is 1. The van der Waals surface area contributed by atoms with Crippen LogP contribution >= 0.6 is 22.9 Å². The molecule has 0 aliphatic carbocycles. The second-order valence-corrected chi connectivity index (χ2v) is 4.59. The van der Waals surface area contributed by atoms with Gasteiger partial charge in [-0.05, 0) is 26.2 Å². The lowest BCUT2D eigenvalue weighted by molar-refractivity contribution is -0.142. The molecule has 1 atom stereocenters. The van der Waals surface area contributed by atoms with Crippen LogP contribution in [-0.2, 0) is 4.79 Å². The van der Waals surface area contributed by atoms with E-state index in [1.54, 1.807) is 31.1 Å². The second-order valence-electron chi connectivity index (χ2n) is 2.85. The summed E-state index contributed by atoms with van der Waals surface area (Å²) in [6.07, 6.45) is 0. The van der Waals surface area contributed by atoms with E-state index in [0.717, 1.165) is 4.88 Å². The molecule has 1 aromatic rings. The highest BCUT2D eigenvalue weighted by Crippen LogP contribution is 2.29. The molecular formula is C8H10ClNO2S. The maximum Gasteiger partial charge on any atom is 0.326 e. The molecule has 72 valence electrons. The predicted octanol–water partition coefficient (Wildman–Crippen LogP) is 2.09. The molecule has 1 N–H and O–H groups in total. The monoisotopic (exact) mass is 219 g/mol. The first-order valence-electron chi connectivity index (χ1n) is 3.67. The van der Waals surface area contributed by atoms with Crippen molar-refractivity contribution in [2.45, 2.75) is 6.04 Å². The first kappa shape index (κ1) is 10.5. The third kappa shape index (κ3) is 2.43. The van der Waals surface area contributed by atoms with Crippen LogP contribution in [0, 0.1) is 0 Å². The molecule has 1 unspecified atom stereocenters. The number of carboxylic acids is 1. The van der Waals surface area contributed by atoms with E-state index in [9.17, 15) is 4.79 Å². The van der Waals surface area contributed by atoms with Crippen LogP contribution in [0.15, 0.2) is 12.1 Å². The summed E-state index contributed by atoms with van der Waals surface area (Å²) in [7, 11) is 3.46. The van der Waals surface area contributed by atoms with Crippen LogP contribution < -0.4 is 0 Å². The van der Waals surface area contributed by atoms with Crippen molar-refractivity contribution in [3.05, 3.63) is 21.3 Å². The molecule has 0 bridgehead atoms. The molecule has 0 aliphatic heterocycles. The summed E-state index contributed by atoms with van der Waals surface area (Å²) in [6.45, 7) is 0. The molecule has 0 spiro atoms. The average molecular weight is 220 g/mol. The first-order chi connectivity index (χ1) is 6.02. The van der Waals surface area contributed by atoms with Gasteiger partial charge in [0.15, 0.2) is 0 Å². The molecule has 3 nitrogen and oxygen atoms in total. The van der Waals surface area contributed by atoms with Crippen LogP contribution in [0.1, 0.15) is 10.9 Å². The van der Waals surface area contributed by atoms with E-state index < -0.39 is 12.0 Å². The van der Waals surface area contributed by atoms with Crippen molar-refractivity contribution in [3.8, 4) is 0 Å². The van der Waals surface area contributed by atoms with E-state index in [1.165, 1.54) is 11.3 Å². The summed E-state index contributed by atoms with van der Waals surface area (Å²) >= 11 is 7.02. The summed E-state index contributed by atoms with van der Waals surface area (Å²) < 4.78 is 0.614. The van der Waals surface area contributed by atoms with Crippen molar-refractivity contribution in [1.29, 1.82) is 0 Å². The Morgan fingerprint density at radius 2 is 2.23 bits per heavy atom. The van der Waals surface area contributed by atoms with E-state index >= 15 is 0 Å². The molecule has 13 heavy (non-hydrogen) atoms. The lowest BCUT2D eigenvalue weighted by Gasteiger charge is -2.17. The summed E-state index contributed by atoms with van der Waals surface area (Å²) in [5, 5.41) is 8.93. The van der Waals surface area contributed by atoms with E-state index in [0.29, 0.717) is 4.34 Å². The SMILES string of the molecule is CN(C)C(C(=O)O)c1ccc(Cl)s1. The fourth-order valence-electron chi connectivity index (χ4n) is 1.07. The third-order valence-corrected chi connectivity index (χ3v) is 2.90. The summed E-state index contributed by atoms with van der Waals surface area (Å²) in [6, 6.07) is 2.85. The lowest BCUT2D eigenvalue weighted by Crippen LogP contribution is -2.26. The van der Waals surface area contributed by atoms with Gasteiger partial charge in [0.05, 0.1) is 4.34 Å². The molecule has 0 aromatic carbocycles. The molecule has 0 saturated heterocycles. The van der Waals surface area contributed by atoms with E-state index in [-0.39, 0.29) is 0 Å². The zero-order chi connectivity index (χ0) is 10.0. The average Bonchev–Trinajstić information content (AvgIpc) is 2.34. The van der Waals surface area contributed by atoms with Gasteiger partial charge in [0.2, 0.25) is 0 Å². The van der Waals surface area contributed by atoms with Crippen molar-refractivity contribution in [3.63, 3.8) is 0 Å². The van der Waals surface area contributed by atoms with Gasteiger partial charge in [-0.2, -0.15) is 0 Å². The normalized spacial score (nSPS) is 13.2. The minimum Gasteiger partial charge on any atom is -0.480 e. The lowest BCUT2D eigenvalue weighted by atomic mass is 10.2. The van der Waals surface area contributed by atoms with Crippen molar-refractivity contribution < 1.29 is 9.90 Å². The number of hydrogen-bond donors (Lipinski definition) is 1. The number of rotatable bonds is 3. The molecule has 0 fully saturated rings. The highest BCUT2D eigenvalue weighted by Gasteiger charge is 2.23. The largest absolute Gasteiger partial charge is 0.480 e. The predicted molar refractivity (Wildman–Crippen MR) is 53.4 cm³/mol. The van der Waals surface area contributed by atoms with Gasteiger partial charge in [0, 0.05) is 4.88 Å². The Hall–Kier alpha value is -0.580. The fraction of sp³-hybridized carbons (Fsp3) is 0.375. The topological polar surface area (TPSA) is 40.5 Å². The van der Waals surface area contributed by atoms with Gasteiger partial charge in [0.1, 0.15) is 6.04 Å². The van der Waals surface area contributed by atoms with Crippen molar-refractivity contribution >= 4 is 28.9 Å². The number of likely N-dealkylation sites (N-methyl/N-ethyl adjacent to an activating group) is 1. The summed E-state index contributed by atoms with van der Waals surface area (Å²) in [5.74, 6) is -0.858. The molecule has 5 heteroatoms. The van der Waals surface area contributed by atoms with Gasteiger partial charge >= 0.3 is 5.97 Å². The van der Waals surface area contributed by atoms with E-state index in [2.05, 4.69) is 0 Å². The number of nitrogens with zero attached hydrogens (tertiary/aromatic N) is 1. The van der Waals surface area contributed by atoms with Crippen LogP contribution in [0.3, 0.4) is 0 Å². The number of carbonyl (C=O) groups is 1. The maximum atomic E-state index is 10.9. The maximum absolute atomic E-state index is 10.9. The number of halogens is 1. The van der Waals surface area contributed by atoms with Crippen molar-refractivity contribution in [2.24, 2.45) is 0 Å². The van der Waals surface area contributed by atoms with Crippen LogP contribution in [0.4, 0.5) is 0 Å². The zero-order valence-electron chi connectivity index (χ0n) is 7.32. The molecule has 0 radical (unpaired) electrons. The van der Waals surface area contributed by atoms with Gasteiger partial charge in [0.25, 0.3) is 0 Å². The van der Waals surface area contributed by atoms with Crippen LogP contribution in [-0.4, -0.2) is 30.1 Å².